The zero-order valence-corrected chi connectivity index (χ0v) is 18.3. The van der Waals surface area contributed by atoms with Crippen molar-refractivity contribution < 1.29 is 14.1 Å². The lowest BCUT2D eigenvalue weighted by molar-refractivity contribution is -0.131. The monoisotopic (exact) mass is 434 g/mol. The Morgan fingerprint density at radius 1 is 1.03 bits per heavy atom. The first-order valence-corrected chi connectivity index (χ1v) is 11.0. The maximum absolute atomic E-state index is 13.1. The van der Waals surface area contributed by atoms with Gasteiger partial charge in [0.1, 0.15) is 11.6 Å². The summed E-state index contributed by atoms with van der Waals surface area (Å²) >= 11 is 0. The molecule has 0 atom stereocenters. The zero-order valence-electron chi connectivity index (χ0n) is 18.3. The van der Waals surface area contributed by atoms with Gasteiger partial charge in [0, 0.05) is 37.7 Å². The SMILES string of the molecule is Cc1noc(C)c1CC(=O)N1CCN(C(=O)c2nc(C3CC3)n(-c3ccccc3)n2)CC1. The van der Waals surface area contributed by atoms with E-state index in [1.807, 2.05) is 44.2 Å². The molecule has 0 radical (unpaired) electrons. The molecule has 166 valence electrons. The van der Waals surface area contributed by atoms with Crippen molar-refractivity contribution in [2.75, 3.05) is 26.2 Å². The first kappa shape index (κ1) is 20.4. The molecule has 9 heteroatoms. The highest BCUT2D eigenvalue weighted by Gasteiger charge is 2.33. The highest BCUT2D eigenvalue weighted by molar-refractivity contribution is 5.91. The van der Waals surface area contributed by atoms with Crippen LogP contribution in [-0.2, 0) is 11.2 Å². The molecule has 0 spiro atoms. The number of hydrogen-bond acceptors (Lipinski definition) is 6. The second-order valence-corrected chi connectivity index (χ2v) is 8.47. The van der Waals surface area contributed by atoms with Gasteiger partial charge in [-0.3, -0.25) is 9.59 Å². The minimum Gasteiger partial charge on any atom is -0.361 e. The third-order valence-corrected chi connectivity index (χ3v) is 6.20. The van der Waals surface area contributed by atoms with Crippen molar-refractivity contribution >= 4 is 11.8 Å². The van der Waals surface area contributed by atoms with Crippen molar-refractivity contribution in [3.63, 3.8) is 0 Å². The maximum Gasteiger partial charge on any atom is 0.293 e. The van der Waals surface area contributed by atoms with E-state index in [9.17, 15) is 9.59 Å². The molecular weight excluding hydrogens is 408 g/mol. The molecule has 2 aromatic heterocycles. The van der Waals surface area contributed by atoms with Crippen LogP contribution in [0.15, 0.2) is 34.9 Å². The van der Waals surface area contributed by atoms with Crippen LogP contribution >= 0.6 is 0 Å². The van der Waals surface area contributed by atoms with Crippen molar-refractivity contribution in [1.29, 1.82) is 0 Å². The van der Waals surface area contributed by atoms with Crippen LogP contribution in [0.5, 0.6) is 0 Å². The van der Waals surface area contributed by atoms with E-state index in [0.29, 0.717) is 37.9 Å². The number of piperazine rings is 1. The number of carbonyl (C=O) groups is 2. The molecule has 3 heterocycles. The first-order valence-electron chi connectivity index (χ1n) is 11.0. The van der Waals surface area contributed by atoms with Gasteiger partial charge in [-0.05, 0) is 38.8 Å². The van der Waals surface area contributed by atoms with Crippen molar-refractivity contribution in [3.8, 4) is 5.69 Å². The van der Waals surface area contributed by atoms with E-state index >= 15 is 0 Å². The highest BCUT2D eigenvalue weighted by Crippen LogP contribution is 2.39. The average Bonchev–Trinajstić information content (AvgIpc) is 3.50. The molecule has 2 aliphatic rings. The molecule has 0 bridgehead atoms. The lowest BCUT2D eigenvalue weighted by Crippen LogP contribution is -2.51. The summed E-state index contributed by atoms with van der Waals surface area (Å²) in [6, 6.07) is 9.80. The summed E-state index contributed by atoms with van der Waals surface area (Å²) in [5, 5.41) is 8.47. The van der Waals surface area contributed by atoms with Crippen LogP contribution in [0.1, 0.15) is 52.2 Å². The van der Waals surface area contributed by atoms with E-state index in [1.165, 1.54) is 0 Å². The van der Waals surface area contributed by atoms with Crippen LogP contribution in [0.2, 0.25) is 0 Å². The standard InChI is InChI=1S/C23H26N6O3/c1-15-19(16(2)32-26-15)14-20(30)27-10-12-28(13-11-27)23(31)21-24-22(17-8-9-17)29(25-21)18-6-4-3-5-7-18/h3-7,17H,8-14H2,1-2H3. The molecule has 1 aromatic carbocycles. The lowest BCUT2D eigenvalue weighted by atomic mass is 10.1. The fourth-order valence-corrected chi connectivity index (χ4v) is 4.10. The summed E-state index contributed by atoms with van der Waals surface area (Å²) in [6.45, 7) is 5.56. The molecule has 1 aliphatic heterocycles. The Bertz CT molecular complexity index is 1120. The van der Waals surface area contributed by atoms with Gasteiger partial charge in [0.2, 0.25) is 11.7 Å². The van der Waals surface area contributed by atoms with E-state index in [1.54, 1.807) is 14.5 Å². The molecule has 2 amide bonds. The quantitative estimate of drug-likeness (QED) is 0.611. The Balaban J connectivity index is 1.25. The molecule has 9 nitrogen and oxygen atoms in total. The molecular formula is C23H26N6O3. The molecule has 5 rings (SSSR count). The molecule has 0 N–H and O–H groups in total. The van der Waals surface area contributed by atoms with E-state index < -0.39 is 0 Å². The van der Waals surface area contributed by atoms with Crippen LogP contribution < -0.4 is 0 Å². The van der Waals surface area contributed by atoms with Gasteiger partial charge in [-0.25, -0.2) is 9.67 Å². The van der Waals surface area contributed by atoms with Crippen LogP contribution in [0.3, 0.4) is 0 Å². The second-order valence-electron chi connectivity index (χ2n) is 8.47. The van der Waals surface area contributed by atoms with Crippen molar-refractivity contribution in [2.24, 2.45) is 0 Å². The van der Waals surface area contributed by atoms with Crippen molar-refractivity contribution in [3.05, 3.63) is 59.0 Å². The smallest absolute Gasteiger partial charge is 0.293 e. The van der Waals surface area contributed by atoms with Gasteiger partial charge in [0.25, 0.3) is 5.91 Å². The number of benzene rings is 1. The summed E-state index contributed by atoms with van der Waals surface area (Å²) in [5.74, 6) is 1.96. The summed E-state index contributed by atoms with van der Waals surface area (Å²) in [7, 11) is 0. The Morgan fingerprint density at radius 3 is 2.34 bits per heavy atom. The van der Waals surface area contributed by atoms with Crippen LogP contribution in [0.4, 0.5) is 0 Å². The van der Waals surface area contributed by atoms with E-state index in [-0.39, 0.29) is 24.1 Å². The largest absolute Gasteiger partial charge is 0.361 e. The summed E-state index contributed by atoms with van der Waals surface area (Å²) < 4.78 is 6.96. The molecule has 1 aliphatic carbocycles. The van der Waals surface area contributed by atoms with Gasteiger partial charge in [-0.2, -0.15) is 0 Å². The molecule has 2 fully saturated rings. The lowest BCUT2D eigenvalue weighted by Gasteiger charge is -2.34. The molecule has 1 saturated carbocycles. The molecule has 3 aromatic rings. The maximum atomic E-state index is 13.1. The molecule has 0 unspecified atom stereocenters. The number of aromatic nitrogens is 4. The predicted octanol–water partition coefficient (Wildman–Crippen LogP) is 2.28. The van der Waals surface area contributed by atoms with Gasteiger partial charge in [-0.1, -0.05) is 23.4 Å². The highest BCUT2D eigenvalue weighted by atomic mass is 16.5. The number of amides is 2. The first-order chi connectivity index (χ1) is 15.5. The Hall–Kier alpha value is -3.49. The topological polar surface area (TPSA) is 97.4 Å². The fourth-order valence-electron chi connectivity index (χ4n) is 4.10. The van der Waals surface area contributed by atoms with E-state index in [2.05, 4.69) is 15.2 Å². The number of carbonyl (C=O) groups excluding carboxylic acids is 2. The minimum absolute atomic E-state index is 0.0222. The van der Waals surface area contributed by atoms with Gasteiger partial charge >= 0.3 is 0 Å². The summed E-state index contributed by atoms with van der Waals surface area (Å²) in [4.78, 5) is 34.0. The minimum atomic E-state index is -0.181. The summed E-state index contributed by atoms with van der Waals surface area (Å²) in [5.41, 5.74) is 2.50. The van der Waals surface area contributed by atoms with Crippen LogP contribution in [0, 0.1) is 13.8 Å². The van der Waals surface area contributed by atoms with E-state index in [0.717, 1.165) is 35.6 Å². The van der Waals surface area contributed by atoms with E-state index in [4.69, 9.17) is 4.52 Å². The van der Waals surface area contributed by atoms with Crippen molar-refractivity contribution in [2.45, 2.75) is 39.0 Å². The number of nitrogens with zero attached hydrogens (tertiary/aromatic N) is 6. The van der Waals surface area contributed by atoms with Gasteiger partial charge in [-0.15, -0.1) is 5.10 Å². The van der Waals surface area contributed by atoms with Crippen LogP contribution in [-0.4, -0.2) is 67.7 Å². The fraction of sp³-hybridized carbons (Fsp3) is 0.435. The number of aryl methyl sites for hydroxylation is 2. The van der Waals surface area contributed by atoms with Crippen LogP contribution in [0.25, 0.3) is 5.69 Å². The molecule has 32 heavy (non-hydrogen) atoms. The number of hydrogen-bond donors (Lipinski definition) is 0. The Morgan fingerprint density at radius 2 is 1.72 bits per heavy atom. The Labute approximate surface area is 186 Å². The third kappa shape index (κ3) is 3.90. The molecule has 1 saturated heterocycles. The second kappa shape index (κ2) is 8.22. The van der Waals surface area contributed by atoms with Crippen molar-refractivity contribution in [1.82, 2.24) is 29.7 Å². The average molecular weight is 435 g/mol. The predicted molar refractivity (Wildman–Crippen MR) is 115 cm³/mol. The normalized spacial score (nSPS) is 16.4. The number of para-hydroxylation sites is 1. The third-order valence-electron chi connectivity index (χ3n) is 6.20. The van der Waals surface area contributed by atoms with Gasteiger partial charge in [0.15, 0.2) is 0 Å². The summed E-state index contributed by atoms with van der Waals surface area (Å²) in [6.07, 6.45) is 2.42. The zero-order chi connectivity index (χ0) is 22.2. The van der Waals surface area contributed by atoms with Gasteiger partial charge in [0.05, 0.1) is 17.8 Å². The van der Waals surface area contributed by atoms with Gasteiger partial charge < -0.3 is 14.3 Å². The number of rotatable bonds is 5. The Kier molecular flexibility index (Phi) is 5.24.